The summed E-state index contributed by atoms with van der Waals surface area (Å²) in [5.74, 6) is 0. The van der Waals surface area contributed by atoms with E-state index in [1.165, 1.54) is 27.8 Å². The molecule has 0 bridgehead atoms. The van der Waals surface area contributed by atoms with Crippen molar-refractivity contribution in [3.8, 4) is 0 Å². The average molecular weight is 268 g/mol. The van der Waals surface area contributed by atoms with Crippen LogP contribution in [0.1, 0.15) is 52.0 Å². The van der Waals surface area contributed by atoms with E-state index in [4.69, 9.17) is 0 Å². The summed E-state index contributed by atoms with van der Waals surface area (Å²) >= 11 is 0. The molecule has 0 fully saturated rings. The predicted octanol–water partition coefficient (Wildman–Crippen LogP) is 4.56. The van der Waals surface area contributed by atoms with Crippen molar-refractivity contribution in [1.29, 1.82) is 0 Å². The van der Waals surface area contributed by atoms with Crippen LogP contribution in [0.25, 0.3) is 0 Å². The lowest BCUT2D eigenvalue weighted by atomic mass is 9.88. The van der Waals surface area contributed by atoms with Crippen molar-refractivity contribution >= 4 is 0 Å². The molecule has 0 spiro atoms. The standard InChI is InChI=1S/C19H24O/c1-6-16-7-9-17(10-8-16)19(20)18-14(4)12(2)11-13(3)15(18)5/h7-11,19-20H,6H2,1-5H3. The second kappa shape index (κ2) is 5.80. The summed E-state index contributed by atoms with van der Waals surface area (Å²) in [7, 11) is 0. The highest BCUT2D eigenvalue weighted by atomic mass is 16.3. The molecule has 20 heavy (non-hydrogen) atoms. The lowest BCUT2D eigenvalue weighted by Gasteiger charge is -2.20. The van der Waals surface area contributed by atoms with E-state index in [1.54, 1.807) is 0 Å². The number of rotatable bonds is 3. The molecule has 106 valence electrons. The van der Waals surface area contributed by atoms with Crippen LogP contribution in [0.2, 0.25) is 0 Å². The molecule has 0 saturated heterocycles. The topological polar surface area (TPSA) is 20.2 Å². The summed E-state index contributed by atoms with van der Waals surface area (Å²) in [5.41, 5.74) is 8.21. The van der Waals surface area contributed by atoms with Crippen LogP contribution in [0.4, 0.5) is 0 Å². The Kier molecular flexibility index (Phi) is 4.29. The Bertz CT molecular complexity index is 582. The van der Waals surface area contributed by atoms with Crippen molar-refractivity contribution in [2.75, 3.05) is 0 Å². The van der Waals surface area contributed by atoms with Crippen molar-refractivity contribution in [1.82, 2.24) is 0 Å². The van der Waals surface area contributed by atoms with Gasteiger partial charge in [0.1, 0.15) is 6.10 Å². The zero-order valence-corrected chi connectivity index (χ0v) is 13.1. The molecule has 0 aliphatic rings. The highest BCUT2D eigenvalue weighted by molar-refractivity contribution is 5.48. The molecular formula is C19H24O. The summed E-state index contributed by atoms with van der Waals surface area (Å²) < 4.78 is 0. The molecule has 0 aliphatic heterocycles. The Hall–Kier alpha value is -1.60. The van der Waals surface area contributed by atoms with Gasteiger partial charge < -0.3 is 5.11 Å². The van der Waals surface area contributed by atoms with Gasteiger partial charge in [-0.3, -0.25) is 0 Å². The first-order valence-electron chi connectivity index (χ1n) is 7.29. The van der Waals surface area contributed by atoms with Crippen molar-refractivity contribution in [2.45, 2.75) is 47.1 Å². The third kappa shape index (κ3) is 2.64. The van der Waals surface area contributed by atoms with Crippen LogP contribution >= 0.6 is 0 Å². The summed E-state index contributed by atoms with van der Waals surface area (Å²) in [6.45, 7) is 10.6. The third-order valence-electron chi connectivity index (χ3n) is 4.40. The number of aryl methyl sites for hydroxylation is 3. The van der Waals surface area contributed by atoms with Crippen LogP contribution in [-0.4, -0.2) is 5.11 Å². The fraction of sp³-hybridized carbons (Fsp3) is 0.368. The van der Waals surface area contributed by atoms with Gasteiger partial charge in [-0.15, -0.1) is 0 Å². The minimum Gasteiger partial charge on any atom is -0.384 e. The molecule has 1 nitrogen and oxygen atoms in total. The van der Waals surface area contributed by atoms with Gasteiger partial charge in [0.15, 0.2) is 0 Å². The van der Waals surface area contributed by atoms with Crippen molar-refractivity contribution in [2.24, 2.45) is 0 Å². The number of hydrogen-bond donors (Lipinski definition) is 1. The molecule has 0 saturated carbocycles. The van der Waals surface area contributed by atoms with E-state index in [9.17, 15) is 5.11 Å². The molecule has 0 amide bonds. The molecular weight excluding hydrogens is 244 g/mol. The number of hydrogen-bond acceptors (Lipinski definition) is 1. The quantitative estimate of drug-likeness (QED) is 0.865. The Morgan fingerprint density at radius 1 is 0.900 bits per heavy atom. The highest BCUT2D eigenvalue weighted by Crippen LogP contribution is 2.31. The van der Waals surface area contributed by atoms with Gasteiger partial charge in [0.25, 0.3) is 0 Å². The normalized spacial score (nSPS) is 12.5. The lowest BCUT2D eigenvalue weighted by molar-refractivity contribution is 0.218. The van der Waals surface area contributed by atoms with Crippen LogP contribution < -0.4 is 0 Å². The fourth-order valence-corrected chi connectivity index (χ4v) is 2.76. The van der Waals surface area contributed by atoms with Crippen LogP contribution in [-0.2, 0) is 6.42 Å². The van der Waals surface area contributed by atoms with Crippen LogP contribution in [0.5, 0.6) is 0 Å². The molecule has 0 aliphatic carbocycles. The van der Waals surface area contributed by atoms with Gasteiger partial charge in [-0.05, 0) is 73.1 Å². The van der Waals surface area contributed by atoms with E-state index in [2.05, 4.69) is 52.8 Å². The number of aliphatic hydroxyl groups is 1. The Morgan fingerprint density at radius 3 is 1.85 bits per heavy atom. The highest BCUT2D eigenvalue weighted by Gasteiger charge is 2.18. The van der Waals surface area contributed by atoms with Crippen LogP contribution in [0.3, 0.4) is 0 Å². The van der Waals surface area contributed by atoms with Gasteiger partial charge in [-0.25, -0.2) is 0 Å². The summed E-state index contributed by atoms with van der Waals surface area (Å²) in [6, 6.07) is 10.5. The summed E-state index contributed by atoms with van der Waals surface area (Å²) in [5, 5.41) is 10.8. The van der Waals surface area contributed by atoms with E-state index < -0.39 is 6.10 Å². The molecule has 1 unspecified atom stereocenters. The van der Waals surface area contributed by atoms with Gasteiger partial charge in [-0.1, -0.05) is 37.3 Å². The minimum absolute atomic E-state index is 0.542. The first kappa shape index (κ1) is 14.8. The Labute approximate surface area is 122 Å². The largest absolute Gasteiger partial charge is 0.384 e. The Balaban J connectivity index is 2.49. The predicted molar refractivity (Wildman–Crippen MR) is 85.3 cm³/mol. The molecule has 0 radical (unpaired) electrons. The van der Waals surface area contributed by atoms with Crippen molar-refractivity contribution < 1.29 is 5.11 Å². The molecule has 1 atom stereocenters. The van der Waals surface area contributed by atoms with Crippen LogP contribution in [0.15, 0.2) is 30.3 Å². The van der Waals surface area contributed by atoms with E-state index in [-0.39, 0.29) is 0 Å². The van der Waals surface area contributed by atoms with Gasteiger partial charge in [0, 0.05) is 0 Å². The van der Waals surface area contributed by atoms with Gasteiger partial charge in [-0.2, -0.15) is 0 Å². The average Bonchev–Trinajstić information content (AvgIpc) is 2.45. The van der Waals surface area contributed by atoms with Gasteiger partial charge in [0.2, 0.25) is 0 Å². The van der Waals surface area contributed by atoms with E-state index in [0.29, 0.717) is 0 Å². The third-order valence-corrected chi connectivity index (χ3v) is 4.40. The van der Waals surface area contributed by atoms with Crippen molar-refractivity contribution in [3.05, 3.63) is 69.3 Å². The first-order chi connectivity index (χ1) is 9.45. The van der Waals surface area contributed by atoms with E-state index in [1.807, 2.05) is 12.1 Å². The number of benzene rings is 2. The smallest absolute Gasteiger partial charge is 0.105 e. The minimum atomic E-state index is -0.542. The zero-order chi connectivity index (χ0) is 14.9. The first-order valence-corrected chi connectivity index (χ1v) is 7.29. The molecule has 1 N–H and O–H groups in total. The Morgan fingerprint density at radius 2 is 1.40 bits per heavy atom. The number of aliphatic hydroxyl groups excluding tert-OH is 1. The molecule has 1 heteroatoms. The van der Waals surface area contributed by atoms with E-state index >= 15 is 0 Å². The van der Waals surface area contributed by atoms with E-state index in [0.717, 1.165) is 17.5 Å². The molecule has 2 aromatic carbocycles. The fourth-order valence-electron chi connectivity index (χ4n) is 2.76. The molecule has 2 rings (SSSR count). The van der Waals surface area contributed by atoms with Crippen molar-refractivity contribution in [3.63, 3.8) is 0 Å². The summed E-state index contributed by atoms with van der Waals surface area (Å²) in [4.78, 5) is 0. The second-order valence-corrected chi connectivity index (χ2v) is 5.67. The second-order valence-electron chi connectivity index (χ2n) is 5.67. The van der Waals surface area contributed by atoms with Crippen LogP contribution in [0, 0.1) is 27.7 Å². The maximum absolute atomic E-state index is 10.8. The molecule has 0 aromatic heterocycles. The maximum atomic E-state index is 10.8. The monoisotopic (exact) mass is 268 g/mol. The van der Waals surface area contributed by atoms with Gasteiger partial charge >= 0.3 is 0 Å². The SMILES string of the molecule is CCc1ccc(C(O)c2c(C)c(C)cc(C)c2C)cc1. The summed E-state index contributed by atoms with van der Waals surface area (Å²) in [6.07, 6.45) is 0.484. The van der Waals surface area contributed by atoms with Gasteiger partial charge in [0.05, 0.1) is 0 Å². The molecule has 2 aromatic rings. The zero-order valence-electron chi connectivity index (χ0n) is 13.1. The maximum Gasteiger partial charge on any atom is 0.105 e. The molecule has 0 heterocycles. The lowest BCUT2D eigenvalue weighted by Crippen LogP contribution is -2.07.